The van der Waals surface area contributed by atoms with Crippen LogP contribution in [0.15, 0.2) is 18.2 Å². The van der Waals surface area contributed by atoms with Crippen LogP contribution in [0.1, 0.15) is 26.5 Å². The first-order valence-corrected chi connectivity index (χ1v) is 4.53. The molecule has 0 N–H and O–H groups in total. The van der Waals surface area contributed by atoms with Crippen molar-refractivity contribution in [3.8, 4) is 6.07 Å². The second kappa shape index (κ2) is 2.86. The number of benzene rings is 1. The highest BCUT2D eigenvalue weighted by Gasteiger charge is 2.28. The summed E-state index contributed by atoms with van der Waals surface area (Å²) < 4.78 is 4.90. The topological polar surface area (TPSA) is 50.1 Å². The summed E-state index contributed by atoms with van der Waals surface area (Å²) in [6.07, 6.45) is 0. The molecule has 1 atom stereocenters. The zero-order chi connectivity index (χ0) is 9.42. The van der Waals surface area contributed by atoms with Crippen molar-refractivity contribution in [3.05, 3.63) is 34.9 Å². The average molecular weight is 238 g/mol. The van der Waals surface area contributed by atoms with Gasteiger partial charge in [0.2, 0.25) is 0 Å². The van der Waals surface area contributed by atoms with Crippen LogP contribution < -0.4 is 0 Å². The standard InChI is InChI=1S/C9H4BrNO2/c10-8-7-3-5(4-11)1-2-6(7)9(12)13-8/h1-3,8H/t8-/m1/s1. The van der Waals surface area contributed by atoms with E-state index in [0.29, 0.717) is 11.1 Å². The minimum atomic E-state index is -0.414. The summed E-state index contributed by atoms with van der Waals surface area (Å²) >= 11 is 3.19. The van der Waals surface area contributed by atoms with Gasteiger partial charge in [-0.1, -0.05) is 0 Å². The Morgan fingerprint density at radius 3 is 3.00 bits per heavy atom. The molecule has 0 spiro atoms. The van der Waals surface area contributed by atoms with E-state index < -0.39 is 5.01 Å². The van der Waals surface area contributed by atoms with Crippen molar-refractivity contribution in [2.45, 2.75) is 5.01 Å². The molecule has 0 aliphatic carbocycles. The minimum Gasteiger partial charge on any atom is -0.442 e. The average Bonchev–Trinajstić information content (AvgIpc) is 2.42. The van der Waals surface area contributed by atoms with Gasteiger partial charge in [0, 0.05) is 5.56 Å². The maximum atomic E-state index is 11.1. The molecule has 0 saturated heterocycles. The highest BCUT2D eigenvalue weighted by atomic mass is 79.9. The predicted molar refractivity (Wildman–Crippen MR) is 48.2 cm³/mol. The van der Waals surface area contributed by atoms with E-state index in [-0.39, 0.29) is 5.97 Å². The van der Waals surface area contributed by atoms with Crippen molar-refractivity contribution in [2.24, 2.45) is 0 Å². The first-order valence-electron chi connectivity index (χ1n) is 3.61. The van der Waals surface area contributed by atoms with Crippen molar-refractivity contribution in [1.82, 2.24) is 0 Å². The van der Waals surface area contributed by atoms with Gasteiger partial charge >= 0.3 is 5.97 Å². The summed E-state index contributed by atoms with van der Waals surface area (Å²) in [5.74, 6) is -0.346. The van der Waals surface area contributed by atoms with Crippen LogP contribution in [0.3, 0.4) is 0 Å². The highest BCUT2D eigenvalue weighted by molar-refractivity contribution is 9.09. The molecule has 1 aliphatic rings. The molecule has 0 amide bonds. The number of nitriles is 1. The van der Waals surface area contributed by atoms with E-state index >= 15 is 0 Å². The summed E-state index contributed by atoms with van der Waals surface area (Å²) in [5, 5.41) is 8.22. The molecular formula is C9H4BrNO2. The molecule has 13 heavy (non-hydrogen) atoms. The van der Waals surface area contributed by atoms with Gasteiger partial charge in [-0.3, -0.25) is 0 Å². The molecule has 1 aliphatic heterocycles. The van der Waals surface area contributed by atoms with Crippen LogP contribution in [0.5, 0.6) is 0 Å². The van der Waals surface area contributed by atoms with E-state index in [4.69, 9.17) is 10.00 Å². The SMILES string of the molecule is N#Cc1ccc2c(c1)[C@H](Br)OC2=O. The van der Waals surface area contributed by atoms with Crippen LogP contribution >= 0.6 is 15.9 Å². The van der Waals surface area contributed by atoms with Gasteiger partial charge in [-0.15, -0.1) is 0 Å². The number of rotatable bonds is 0. The van der Waals surface area contributed by atoms with E-state index in [9.17, 15) is 4.79 Å². The van der Waals surface area contributed by atoms with Crippen molar-refractivity contribution in [1.29, 1.82) is 5.26 Å². The van der Waals surface area contributed by atoms with Crippen molar-refractivity contribution in [2.75, 3.05) is 0 Å². The number of fused-ring (bicyclic) bond motifs is 1. The van der Waals surface area contributed by atoms with E-state index in [1.165, 1.54) is 0 Å². The summed E-state index contributed by atoms with van der Waals surface area (Å²) in [6.45, 7) is 0. The molecule has 0 bridgehead atoms. The van der Waals surface area contributed by atoms with Gasteiger partial charge in [0.05, 0.1) is 17.2 Å². The first-order chi connectivity index (χ1) is 6.22. The lowest BCUT2D eigenvalue weighted by molar-refractivity contribution is 0.0530. The van der Waals surface area contributed by atoms with Crippen LogP contribution in [-0.4, -0.2) is 5.97 Å². The Morgan fingerprint density at radius 1 is 1.54 bits per heavy atom. The molecule has 1 aromatic carbocycles. The maximum Gasteiger partial charge on any atom is 0.340 e. The lowest BCUT2D eigenvalue weighted by atomic mass is 10.1. The zero-order valence-electron chi connectivity index (χ0n) is 6.45. The molecule has 4 heteroatoms. The Kier molecular flexibility index (Phi) is 1.82. The van der Waals surface area contributed by atoms with Gasteiger partial charge in [-0.05, 0) is 34.1 Å². The molecule has 0 saturated carbocycles. The Bertz CT molecular complexity index is 422. The van der Waals surface area contributed by atoms with Gasteiger partial charge in [-0.2, -0.15) is 5.26 Å². The Morgan fingerprint density at radius 2 is 2.31 bits per heavy atom. The molecule has 2 rings (SSSR count). The summed E-state index contributed by atoms with van der Waals surface area (Å²) in [5.41, 5.74) is 1.78. The second-order valence-electron chi connectivity index (χ2n) is 2.64. The maximum absolute atomic E-state index is 11.1. The summed E-state index contributed by atoms with van der Waals surface area (Å²) in [7, 11) is 0. The molecule has 0 unspecified atom stereocenters. The summed E-state index contributed by atoms with van der Waals surface area (Å²) in [4.78, 5) is 11.1. The highest BCUT2D eigenvalue weighted by Crippen LogP contribution is 2.35. The smallest absolute Gasteiger partial charge is 0.340 e. The number of ether oxygens (including phenoxy) is 1. The third kappa shape index (κ3) is 1.21. The Balaban J connectivity index is 2.60. The number of carbonyl (C=O) groups excluding carboxylic acids is 1. The number of cyclic esters (lactones) is 1. The Hall–Kier alpha value is -1.34. The van der Waals surface area contributed by atoms with E-state index in [0.717, 1.165) is 5.56 Å². The van der Waals surface area contributed by atoms with Crippen molar-refractivity contribution < 1.29 is 9.53 Å². The van der Waals surface area contributed by atoms with Crippen LogP contribution in [0, 0.1) is 11.3 Å². The third-order valence-corrected chi connectivity index (χ3v) is 2.54. The van der Waals surface area contributed by atoms with Gasteiger partial charge < -0.3 is 4.74 Å². The molecule has 1 heterocycles. The molecule has 0 radical (unpaired) electrons. The molecule has 3 nitrogen and oxygen atoms in total. The monoisotopic (exact) mass is 237 g/mol. The number of halogens is 1. The molecular weight excluding hydrogens is 234 g/mol. The zero-order valence-corrected chi connectivity index (χ0v) is 8.04. The fourth-order valence-electron chi connectivity index (χ4n) is 1.23. The predicted octanol–water partition coefficient (Wildman–Crippen LogP) is 2.12. The third-order valence-electron chi connectivity index (χ3n) is 1.86. The normalized spacial score (nSPS) is 19.1. The fourth-order valence-corrected chi connectivity index (χ4v) is 1.78. The Labute approximate surface area is 83.1 Å². The van der Waals surface area contributed by atoms with Crippen LogP contribution in [0.2, 0.25) is 0 Å². The number of carbonyl (C=O) groups is 1. The van der Waals surface area contributed by atoms with Gasteiger partial charge in [-0.25, -0.2) is 4.79 Å². The van der Waals surface area contributed by atoms with Crippen LogP contribution in [-0.2, 0) is 4.74 Å². The molecule has 0 aromatic heterocycles. The fraction of sp³-hybridized carbons (Fsp3) is 0.111. The van der Waals surface area contributed by atoms with Crippen LogP contribution in [0.25, 0.3) is 0 Å². The number of alkyl halides is 1. The largest absolute Gasteiger partial charge is 0.442 e. The quantitative estimate of drug-likeness (QED) is 0.513. The lowest BCUT2D eigenvalue weighted by Crippen LogP contribution is -1.93. The molecule has 1 aromatic rings. The summed E-state index contributed by atoms with van der Waals surface area (Å²) in [6, 6.07) is 6.87. The van der Waals surface area contributed by atoms with Crippen LogP contribution in [0.4, 0.5) is 0 Å². The van der Waals surface area contributed by atoms with Crippen molar-refractivity contribution in [3.63, 3.8) is 0 Å². The number of hydrogen-bond acceptors (Lipinski definition) is 3. The first kappa shape index (κ1) is 8.27. The lowest BCUT2D eigenvalue weighted by Gasteiger charge is -1.99. The minimum absolute atomic E-state index is 0.346. The van der Waals surface area contributed by atoms with E-state index in [1.807, 2.05) is 6.07 Å². The van der Waals surface area contributed by atoms with E-state index in [1.54, 1.807) is 18.2 Å². The van der Waals surface area contributed by atoms with E-state index in [2.05, 4.69) is 15.9 Å². The van der Waals surface area contributed by atoms with Gasteiger partial charge in [0.25, 0.3) is 0 Å². The molecule has 0 fully saturated rings. The van der Waals surface area contributed by atoms with Gasteiger partial charge in [0.1, 0.15) is 0 Å². The number of nitrogens with zero attached hydrogens (tertiary/aromatic N) is 1. The number of hydrogen-bond donors (Lipinski definition) is 0. The van der Waals surface area contributed by atoms with Crippen molar-refractivity contribution >= 4 is 21.9 Å². The molecule has 64 valence electrons. The number of esters is 1. The van der Waals surface area contributed by atoms with Gasteiger partial charge in [0.15, 0.2) is 5.01 Å². The second-order valence-corrected chi connectivity index (χ2v) is 3.47.